The first-order valence-corrected chi connectivity index (χ1v) is 10.3. The second-order valence-corrected chi connectivity index (χ2v) is 7.90. The molecule has 2 heterocycles. The largest absolute Gasteiger partial charge is 0.496 e. The van der Waals surface area contributed by atoms with Crippen LogP contribution in [0.5, 0.6) is 5.75 Å². The average molecular weight is 444 g/mol. The van der Waals surface area contributed by atoms with Crippen molar-refractivity contribution in [1.82, 2.24) is 20.2 Å². The van der Waals surface area contributed by atoms with Crippen LogP contribution in [0, 0.1) is 5.82 Å². The average Bonchev–Trinajstić information content (AvgIpc) is 3.21. The summed E-state index contributed by atoms with van der Waals surface area (Å²) in [7, 11) is 3.52. The van der Waals surface area contributed by atoms with Crippen LogP contribution in [0.15, 0.2) is 36.7 Å². The Morgan fingerprint density at radius 3 is 2.87 bits per heavy atom. The summed E-state index contributed by atoms with van der Waals surface area (Å²) in [6.45, 7) is 2.69. The number of carbonyl (C=O) groups is 1. The van der Waals surface area contributed by atoms with Crippen LogP contribution in [0.4, 0.5) is 15.9 Å². The highest BCUT2D eigenvalue weighted by Crippen LogP contribution is 2.36. The standard InChI is InChI=1S/C22H23ClFN5O2/c1-12(29(2)18-7-8-25-22(18)30)13-9-14-17(10-19(13)31-3)26-11-27-21(14)28-16-6-4-5-15(23)20(16)24/h4-6,9-12,18H,7-8H2,1-3H3,(H,25,30)(H,26,27,28)/t12?,18-/m0/s1. The molecule has 2 N–H and O–H groups in total. The monoisotopic (exact) mass is 443 g/mol. The number of carbonyl (C=O) groups excluding carboxylic acids is 1. The predicted molar refractivity (Wildman–Crippen MR) is 118 cm³/mol. The van der Waals surface area contributed by atoms with Gasteiger partial charge in [0.05, 0.1) is 29.4 Å². The lowest BCUT2D eigenvalue weighted by atomic mass is 10.0. The Labute approximate surface area is 184 Å². The Balaban J connectivity index is 1.76. The van der Waals surface area contributed by atoms with Crippen LogP contribution >= 0.6 is 11.6 Å². The summed E-state index contributed by atoms with van der Waals surface area (Å²) in [5.41, 5.74) is 1.74. The first kappa shape index (κ1) is 21.3. The normalized spacial score (nSPS) is 17.1. The molecule has 7 nitrogen and oxygen atoms in total. The maximum Gasteiger partial charge on any atom is 0.237 e. The van der Waals surface area contributed by atoms with Gasteiger partial charge in [0.1, 0.15) is 17.9 Å². The van der Waals surface area contributed by atoms with E-state index in [0.717, 1.165) is 12.0 Å². The van der Waals surface area contributed by atoms with Crippen molar-refractivity contribution in [2.24, 2.45) is 0 Å². The number of halogens is 2. The zero-order valence-electron chi connectivity index (χ0n) is 17.4. The minimum Gasteiger partial charge on any atom is -0.496 e. The van der Waals surface area contributed by atoms with Crippen LogP contribution in [0.2, 0.25) is 5.02 Å². The van der Waals surface area contributed by atoms with Gasteiger partial charge in [-0.25, -0.2) is 14.4 Å². The summed E-state index contributed by atoms with van der Waals surface area (Å²) in [6.07, 6.45) is 2.16. The molecule has 1 saturated heterocycles. The van der Waals surface area contributed by atoms with E-state index in [4.69, 9.17) is 16.3 Å². The number of ether oxygens (including phenoxy) is 1. The van der Waals surface area contributed by atoms with Gasteiger partial charge < -0.3 is 15.4 Å². The number of fused-ring (bicyclic) bond motifs is 1. The third kappa shape index (κ3) is 4.00. The van der Waals surface area contributed by atoms with E-state index in [9.17, 15) is 9.18 Å². The lowest BCUT2D eigenvalue weighted by Crippen LogP contribution is -2.39. The van der Waals surface area contributed by atoms with Crippen LogP contribution in [-0.2, 0) is 4.79 Å². The predicted octanol–water partition coefficient (Wildman–Crippen LogP) is 4.06. The van der Waals surface area contributed by atoms with E-state index >= 15 is 0 Å². The lowest BCUT2D eigenvalue weighted by molar-refractivity contribution is -0.123. The minimum atomic E-state index is -0.551. The van der Waals surface area contributed by atoms with E-state index < -0.39 is 5.82 Å². The topological polar surface area (TPSA) is 79.4 Å². The molecule has 2 atom stereocenters. The van der Waals surface area contributed by atoms with Crippen LogP contribution < -0.4 is 15.4 Å². The Bertz CT molecular complexity index is 1140. The molecule has 1 unspecified atom stereocenters. The number of aromatic nitrogens is 2. The van der Waals surface area contributed by atoms with Gasteiger partial charge in [-0.05, 0) is 38.6 Å². The third-order valence-corrected chi connectivity index (χ3v) is 6.06. The van der Waals surface area contributed by atoms with E-state index in [2.05, 4.69) is 20.6 Å². The van der Waals surface area contributed by atoms with Crippen molar-refractivity contribution < 1.29 is 13.9 Å². The highest BCUT2D eigenvalue weighted by molar-refractivity contribution is 6.31. The number of amides is 1. The van der Waals surface area contributed by atoms with Gasteiger partial charge >= 0.3 is 0 Å². The quantitative estimate of drug-likeness (QED) is 0.598. The van der Waals surface area contributed by atoms with Gasteiger partial charge in [0.25, 0.3) is 0 Å². The first-order valence-electron chi connectivity index (χ1n) is 9.94. The van der Waals surface area contributed by atoms with Gasteiger partial charge in [0, 0.05) is 29.6 Å². The van der Waals surface area contributed by atoms with Gasteiger partial charge in [-0.1, -0.05) is 17.7 Å². The van der Waals surface area contributed by atoms with Crippen molar-refractivity contribution in [3.63, 3.8) is 0 Å². The third-order valence-electron chi connectivity index (χ3n) is 5.76. The molecule has 9 heteroatoms. The number of benzene rings is 2. The molecule has 0 saturated carbocycles. The van der Waals surface area contributed by atoms with E-state index in [1.54, 1.807) is 19.2 Å². The molecular formula is C22H23ClFN5O2. The molecular weight excluding hydrogens is 421 g/mol. The number of anilines is 2. The van der Waals surface area contributed by atoms with Crippen molar-refractivity contribution in [2.75, 3.05) is 26.0 Å². The first-order chi connectivity index (χ1) is 14.9. The molecule has 0 spiro atoms. The van der Waals surface area contributed by atoms with Crippen LogP contribution in [0.1, 0.15) is 24.9 Å². The number of hydrogen-bond acceptors (Lipinski definition) is 6. The Morgan fingerprint density at radius 2 is 2.16 bits per heavy atom. The summed E-state index contributed by atoms with van der Waals surface area (Å²) in [6, 6.07) is 8.16. The lowest BCUT2D eigenvalue weighted by Gasteiger charge is -2.30. The Morgan fingerprint density at radius 1 is 1.35 bits per heavy atom. The molecule has 0 bridgehead atoms. The fraction of sp³-hybridized carbons (Fsp3) is 0.318. The molecule has 1 amide bonds. The van der Waals surface area contributed by atoms with E-state index in [-0.39, 0.29) is 28.7 Å². The van der Waals surface area contributed by atoms with Crippen LogP contribution in [0.3, 0.4) is 0 Å². The highest BCUT2D eigenvalue weighted by atomic mass is 35.5. The molecule has 1 fully saturated rings. The van der Waals surface area contributed by atoms with E-state index in [1.165, 1.54) is 12.4 Å². The maximum atomic E-state index is 14.4. The van der Waals surface area contributed by atoms with E-state index in [1.807, 2.05) is 31.0 Å². The molecule has 31 heavy (non-hydrogen) atoms. The Hall–Kier alpha value is -2.97. The zero-order chi connectivity index (χ0) is 22.1. The van der Waals surface area contributed by atoms with Crippen molar-refractivity contribution in [2.45, 2.75) is 25.4 Å². The van der Waals surface area contributed by atoms with Gasteiger partial charge in [-0.3, -0.25) is 9.69 Å². The number of hydrogen-bond donors (Lipinski definition) is 2. The second-order valence-electron chi connectivity index (χ2n) is 7.50. The second kappa shape index (κ2) is 8.64. The van der Waals surface area contributed by atoms with Crippen molar-refractivity contribution in [1.29, 1.82) is 0 Å². The van der Waals surface area contributed by atoms with Gasteiger partial charge in [0.2, 0.25) is 5.91 Å². The number of likely N-dealkylation sites (N-methyl/N-ethyl adjacent to an activating group) is 1. The molecule has 0 radical (unpaired) electrons. The summed E-state index contributed by atoms with van der Waals surface area (Å²) in [5, 5.41) is 6.62. The van der Waals surface area contributed by atoms with Gasteiger partial charge in [0.15, 0.2) is 5.82 Å². The molecule has 3 aromatic rings. The van der Waals surface area contributed by atoms with Crippen molar-refractivity contribution in [3.8, 4) is 5.75 Å². The summed E-state index contributed by atoms with van der Waals surface area (Å²) in [5.74, 6) is 0.577. The van der Waals surface area contributed by atoms with Crippen molar-refractivity contribution in [3.05, 3.63) is 53.1 Å². The summed E-state index contributed by atoms with van der Waals surface area (Å²) < 4.78 is 20.0. The molecule has 162 valence electrons. The number of rotatable bonds is 6. The molecule has 1 aliphatic heterocycles. The summed E-state index contributed by atoms with van der Waals surface area (Å²) in [4.78, 5) is 22.9. The SMILES string of the molecule is COc1cc2ncnc(Nc3cccc(Cl)c3F)c2cc1C(C)N(C)[C@H]1CCNC1=O. The Kier molecular flexibility index (Phi) is 5.93. The van der Waals surface area contributed by atoms with Crippen molar-refractivity contribution >= 4 is 39.9 Å². The fourth-order valence-corrected chi connectivity index (χ4v) is 4.06. The zero-order valence-corrected chi connectivity index (χ0v) is 18.2. The fourth-order valence-electron chi connectivity index (χ4n) is 3.89. The smallest absolute Gasteiger partial charge is 0.237 e. The molecule has 2 aromatic carbocycles. The van der Waals surface area contributed by atoms with Crippen LogP contribution in [0.25, 0.3) is 10.9 Å². The number of methoxy groups -OCH3 is 1. The molecule has 4 rings (SSSR count). The summed E-state index contributed by atoms with van der Waals surface area (Å²) >= 11 is 5.91. The molecule has 1 aliphatic rings. The van der Waals surface area contributed by atoms with E-state index in [0.29, 0.717) is 29.0 Å². The van der Waals surface area contributed by atoms with Gasteiger partial charge in [-0.15, -0.1) is 0 Å². The highest BCUT2D eigenvalue weighted by Gasteiger charge is 2.32. The van der Waals surface area contributed by atoms with Crippen LogP contribution in [-0.4, -0.2) is 47.5 Å². The number of nitrogens with one attached hydrogen (secondary N) is 2. The maximum absolute atomic E-state index is 14.4. The van der Waals surface area contributed by atoms with Gasteiger partial charge in [-0.2, -0.15) is 0 Å². The molecule has 0 aliphatic carbocycles. The molecule has 1 aromatic heterocycles. The number of nitrogens with zero attached hydrogens (tertiary/aromatic N) is 3. The minimum absolute atomic E-state index is 0.0239.